The van der Waals surface area contributed by atoms with Crippen LogP contribution in [0.2, 0.25) is 5.02 Å². The fraction of sp³-hybridized carbons (Fsp3) is 0.292. The van der Waals surface area contributed by atoms with Crippen LogP contribution >= 0.6 is 23.4 Å². The average Bonchev–Trinajstić information content (AvgIpc) is 3.46. The van der Waals surface area contributed by atoms with Gasteiger partial charge in [0.05, 0.1) is 19.2 Å². The summed E-state index contributed by atoms with van der Waals surface area (Å²) < 4.78 is 7.80. The van der Waals surface area contributed by atoms with Crippen molar-refractivity contribution in [2.24, 2.45) is 0 Å². The Labute approximate surface area is 197 Å². The van der Waals surface area contributed by atoms with E-state index in [2.05, 4.69) is 32.2 Å². The molecule has 32 heavy (non-hydrogen) atoms. The summed E-state index contributed by atoms with van der Waals surface area (Å²) in [6.45, 7) is 1.76. The first-order valence-corrected chi connectivity index (χ1v) is 12.0. The van der Waals surface area contributed by atoms with Crippen molar-refractivity contribution in [2.75, 3.05) is 12.4 Å². The highest BCUT2D eigenvalue weighted by atomic mass is 35.5. The monoisotopic (exact) mass is 468 g/mol. The summed E-state index contributed by atoms with van der Waals surface area (Å²) in [6, 6.07) is 17.6. The van der Waals surface area contributed by atoms with Crippen LogP contribution in [0.5, 0.6) is 0 Å². The SMILES string of the molecule is O=C(/C=C/c1ccccc1Cl)NCc1nnc(SC[C@H]2CCCO2)n1Cc1ccccc1. The van der Waals surface area contributed by atoms with Gasteiger partial charge in [-0.15, -0.1) is 10.2 Å². The molecule has 0 unspecified atom stereocenters. The maximum Gasteiger partial charge on any atom is 0.244 e. The molecule has 0 saturated carbocycles. The van der Waals surface area contributed by atoms with Crippen molar-refractivity contribution in [3.8, 4) is 0 Å². The lowest BCUT2D eigenvalue weighted by Gasteiger charge is -2.12. The number of nitrogens with one attached hydrogen (secondary N) is 1. The molecule has 3 aromatic rings. The van der Waals surface area contributed by atoms with Gasteiger partial charge in [0.1, 0.15) is 0 Å². The summed E-state index contributed by atoms with van der Waals surface area (Å²) in [5, 5.41) is 13.1. The second kappa shape index (κ2) is 11.3. The van der Waals surface area contributed by atoms with Crippen molar-refractivity contribution in [2.45, 2.75) is 37.2 Å². The summed E-state index contributed by atoms with van der Waals surface area (Å²) in [5.41, 5.74) is 1.95. The third-order valence-corrected chi connectivity index (χ3v) is 6.58. The van der Waals surface area contributed by atoms with Crippen LogP contribution in [0.1, 0.15) is 29.8 Å². The van der Waals surface area contributed by atoms with Crippen LogP contribution in [-0.2, 0) is 22.6 Å². The zero-order valence-corrected chi connectivity index (χ0v) is 19.2. The smallest absolute Gasteiger partial charge is 0.244 e. The summed E-state index contributed by atoms with van der Waals surface area (Å²) >= 11 is 7.79. The Kier molecular flexibility index (Phi) is 7.98. The lowest BCUT2D eigenvalue weighted by atomic mass is 10.2. The average molecular weight is 469 g/mol. The molecule has 4 rings (SSSR count). The van der Waals surface area contributed by atoms with Gasteiger partial charge in [0.15, 0.2) is 11.0 Å². The van der Waals surface area contributed by atoms with E-state index in [9.17, 15) is 4.79 Å². The summed E-state index contributed by atoms with van der Waals surface area (Å²) in [7, 11) is 0. The van der Waals surface area contributed by atoms with Gasteiger partial charge >= 0.3 is 0 Å². The molecular formula is C24H25ClN4O2S. The minimum absolute atomic E-state index is 0.215. The van der Waals surface area contributed by atoms with Crippen LogP contribution in [-0.4, -0.2) is 39.1 Å². The van der Waals surface area contributed by atoms with E-state index >= 15 is 0 Å². The molecule has 1 saturated heterocycles. The van der Waals surface area contributed by atoms with E-state index in [1.807, 2.05) is 36.4 Å². The zero-order valence-electron chi connectivity index (χ0n) is 17.6. The van der Waals surface area contributed by atoms with E-state index in [-0.39, 0.29) is 18.6 Å². The second-order valence-corrected chi connectivity index (χ2v) is 8.88. The summed E-state index contributed by atoms with van der Waals surface area (Å²) in [5.74, 6) is 1.34. The Hall–Kier alpha value is -2.61. The number of carbonyl (C=O) groups excluding carboxylic acids is 1. The second-order valence-electron chi connectivity index (χ2n) is 7.49. The molecule has 0 spiro atoms. The summed E-state index contributed by atoms with van der Waals surface area (Å²) in [4.78, 5) is 12.4. The molecular weight excluding hydrogens is 444 g/mol. The number of hydrogen-bond acceptors (Lipinski definition) is 5. The zero-order chi connectivity index (χ0) is 22.2. The topological polar surface area (TPSA) is 69.0 Å². The third kappa shape index (κ3) is 6.22. The number of benzene rings is 2. The minimum Gasteiger partial charge on any atom is -0.377 e. The Balaban J connectivity index is 1.43. The van der Waals surface area contributed by atoms with Crippen LogP contribution in [0, 0.1) is 0 Å². The van der Waals surface area contributed by atoms with Crippen molar-refractivity contribution < 1.29 is 9.53 Å². The van der Waals surface area contributed by atoms with Gasteiger partial charge in [-0.3, -0.25) is 4.79 Å². The molecule has 8 heteroatoms. The molecule has 2 heterocycles. The number of hydrogen-bond donors (Lipinski definition) is 1. The van der Waals surface area contributed by atoms with Crippen molar-refractivity contribution in [1.29, 1.82) is 0 Å². The van der Waals surface area contributed by atoms with Gasteiger partial charge in [-0.2, -0.15) is 0 Å². The number of thioether (sulfide) groups is 1. The quantitative estimate of drug-likeness (QED) is 0.367. The first-order valence-electron chi connectivity index (χ1n) is 10.6. The van der Waals surface area contributed by atoms with E-state index < -0.39 is 0 Å². The van der Waals surface area contributed by atoms with E-state index in [1.165, 1.54) is 6.08 Å². The molecule has 1 aliphatic rings. The van der Waals surface area contributed by atoms with Gasteiger partial charge in [0, 0.05) is 23.5 Å². The Morgan fingerprint density at radius 1 is 1.19 bits per heavy atom. The molecule has 1 amide bonds. The van der Waals surface area contributed by atoms with Crippen molar-refractivity contribution in [3.05, 3.63) is 82.6 Å². The number of rotatable bonds is 9. The standard InChI is InChI=1S/C24H25ClN4O2S/c25-21-11-5-4-9-19(21)12-13-23(30)26-15-22-27-28-24(32-17-20-10-6-14-31-20)29(22)16-18-7-2-1-3-8-18/h1-5,7-9,11-13,20H,6,10,14-17H2,(H,26,30)/b13-12+/t20-/m1/s1. The molecule has 0 radical (unpaired) electrons. The van der Waals surface area contributed by atoms with E-state index in [4.69, 9.17) is 16.3 Å². The van der Waals surface area contributed by atoms with Crippen LogP contribution in [0.3, 0.4) is 0 Å². The molecule has 1 aliphatic heterocycles. The highest BCUT2D eigenvalue weighted by Gasteiger charge is 2.19. The molecule has 6 nitrogen and oxygen atoms in total. The van der Waals surface area contributed by atoms with Crippen molar-refractivity contribution >= 4 is 35.3 Å². The molecule has 1 fully saturated rings. The maximum atomic E-state index is 12.4. The maximum absolute atomic E-state index is 12.4. The van der Waals surface area contributed by atoms with Gasteiger partial charge in [-0.25, -0.2) is 0 Å². The van der Waals surface area contributed by atoms with Gasteiger partial charge in [-0.1, -0.05) is 71.9 Å². The third-order valence-electron chi connectivity index (χ3n) is 5.14. The van der Waals surface area contributed by atoms with E-state index in [0.717, 1.165) is 41.5 Å². The van der Waals surface area contributed by atoms with Crippen molar-refractivity contribution in [3.63, 3.8) is 0 Å². The van der Waals surface area contributed by atoms with Crippen LogP contribution in [0.4, 0.5) is 0 Å². The molecule has 2 aromatic carbocycles. The lowest BCUT2D eigenvalue weighted by molar-refractivity contribution is -0.116. The largest absolute Gasteiger partial charge is 0.377 e. The minimum atomic E-state index is -0.215. The molecule has 1 N–H and O–H groups in total. The lowest BCUT2D eigenvalue weighted by Crippen LogP contribution is -2.23. The normalized spacial score (nSPS) is 16.0. The molecule has 166 valence electrons. The molecule has 1 atom stereocenters. The number of nitrogens with zero attached hydrogens (tertiary/aromatic N) is 3. The van der Waals surface area contributed by atoms with Crippen LogP contribution in [0.25, 0.3) is 6.08 Å². The first-order chi connectivity index (χ1) is 15.7. The van der Waals surface area contributed by atoms with Gasteiger partial charge in [0.2, 0.25) is 5.91 Å². The number of ether oxygens (including phenoxy) is 1. The van der Waals surface area contributed by atoms with Gasteiger partial charge in [0.25, 0.3) is 0 Å². The Bertz CT molecular complexity index is 1060. The molecule has 0 bridgehead atoms. The van der Waals surface area contributed by atoms with Crippen LogP contribution < -0.4 is 5.32 Å². The van der Waals surface area contributed by atoms with E-state index in [1.54, 1.807) is 23.9 Å². The van der Waals surface area contributed by atoms with Gasteiger partial charge in [-0.05, 0) is 36.1 Å². The predicted molar refractivity (Wildman–Crippen MR) is 128 cm³/mol. The van der Waals surface area contributed by atoms with E-state index in [0.29, 0.717) is 17.4 Å². The number of aromatic nitrogens is 3. The number of halogens is 1. The highest BCUT2D eigenvalue weighted by Crippen LogP contribution is 2.24. The molecule has 0 aliphatic carbocycles. The molecule has 1 aromatic heterocycles. The predicted octanol–water partition coefficient (Wildman–Crippen LogP) is 4.58. The highest BCUT2D eigenvalue weighted by molar-refractivity contribution is 7.99. The Morgan fingerprint density at radius 2 is 2.00 bits per heavy atom. The number of amides is 1. The first kappa shape index (κ1) is 22.6. The Morgan fingerprint density at radius 3 is 2.78 bits per heavy atom. The summed E-state index contributed by atoms with van der Waals surface area (Å²) in [6.07, 6.45) is 5.64. The fourth-order valence-corrected chi connectivity index (χ4v) is 4.65. The van der Waals surface area contributed by atoms with Gasteiger partial charge < -0.3 is 14.6 Å². The fourth-order valence-electron chi connectivity index (χ4n) is 3.43. The van der Waals surface area contributed by atoms with Crippen LogP contribution in [0.15, 0.2) is 65.8 Å². The number of carbonyl (C=O) groups is 1. The van der Waals surface area contributed by atoms with Crippen molar-refractivity contribution in [1.82, 2.24) is 20.1 Å².